The number of hydrogen-bond donors (Lipinski definition) is 1. The lowest BCUT2D eigenvalue weighted by molar-refractivity contribution is -0.134. The first kappa shape index (κ1) is 57.8. The van der Waals surface area contributed by atoms with E-state index in [1.807, 2.05) is 18.2 Å². The number of hydrogen-bond acceptors (Lipinski definition) is 4. The Morgan fingerprint density at radius 2 is 0.971 bits per heavy atom. The van der Waals surface area contributed by atoms with Crippen molar-refractivity contribution in [1.29, 1.82) is 0 Å². The van der Waals surface area contributed by atoms with Crippen molar-refractivity contribution < 1.29 is 27.8 Å². The van der Waals surface area contributed by atoms with E-state index in [1.165, 1.54) is 12.1 Å². The van der Waals surface area contributed by atoms with Crippen LogP contribution in [0.5, 0.6) is 5.75 Å². The maximum Gasteiger partial charge on any atom is 0.311 e. The first-order valence-corrected chi connectivity index (χ1v) is 24.5. The summed E-state index contributed by atoms with van der Waals surface area (Å²) in [6.45, 7) is 8.98. The highest BCUT2D eigenvalue weighted by Crippen LogP contribution is 2.33. The Morgan fingerprint density at radius 1 is 0.544 bits per heavy atom. The molecule has 0 aliphatic heterocycles. The van der Waals surface area contributed by atoms with E-state index in [9.17, 15) is 18.4 Å². The Balaban J connectivity index is 1.72. The van der Waals surface area contributed by atoms with Crippen molar-refractivity contribution in [3.05, 3.63) is 206 Å². The van der Waals surface area contributed by atoms with Gasteiger partial charge >= 0.3 is 5.97 Å². The van der Waals surface area contributed by atoms with Gasteiger partial charge in [0.1, 0.15) is 23.1 Å². The highest BCUT2D eigenvalue weighted by Gasteiger charge is 2.16. The maximum atomic E-state index is 14.8. The largest absolute Gasteiger partial charge is 0.493 e. The molecule has 68 heavy (non-hydrogen) atoms. The third-order valence-electron chi connectivity index (χ3n) is 9.91. The summed E-state index contributed by atoms with van der Waals surface area (Å²) < 4.78 is 40.1. The van der Waals surface area contributed by atoms with Crippen LogP contribution in [0.3, 0.4) is 0 Å². The molecule has 0 spiro atoms. The zero-order chi connectivity index (χ0) is 49.0. The van der Waals surface area contributed by atoms with E-state index < -0.39 is 17.6 Å². The monoisotopic (exact) mass is 926 g/mol. The minimum atomic E-state index is -0.722. The Labute approximate surface area is 408 Å². The summed E-state index contributed by atoms with van der Waals surface area (Å²) in [4.78, 5) is 25.3. The van der Waals surface area contributed by atoms with Crippen LogP contribution in [0, 0.1) is 11.6 Å². The molecule has 5 nitrogen and oxygen atoms in total. The van der Waals surface area contributed by atoms with Crippen LogP contribution in [0.25, 0.3) is 16.9 Å². The molecule has 7 heteroatoms. The Morgan fingerprint density at radius 3 is 1.41 bits per heavy atom. The summed E-state index contributed by atoms with van der Waals surface area (Å²) in [5.41, 5.74) is 0.996. The Bertz CT molecular complexity index is 2110. The Hall–Kier alpha value is -6.34. The molecule has 0 bridgehead atoms. The first-order chi connectivity index (χ1) is 33.3. The lowest BCUT2D eigenvalue weighted by Gasteiger charge is -2.16. The van der Waals surface area contributed by atoms with Gasteiger partial charge in [-0.2, -0.15) is 0 Å². The van der Waals surface area contributed by atoms with Gasteiger partial charge in [-0.05, 0) is 126 Å². The fourth-order valence-corrected chi connectivity index (χ4v) is 6.26. The Kier molecular flexibility index (Phi) is 34.8. The molecule has 0 saturated heterocycles. The molecule has 2 aromatic rings. The lowest BCUT2D eigenvalue weighted by Crippen LogP contribution is -2.24. The number of esters is 1. The van der Waals surface area contributed by atoms with Gasteiger partial charge < -0.3 is 14.8 Å². The first-order valence-electron chi connectivity index (χ1n) is 24.5. The molecular weight excluding hydrogens is 849 g/mol. The molecule has 0 aliphatic carbocycles. The summed E-state index contributed by atoms with van der Waals surface area (Å²) in [5, 5.41) is 2.92. The van der Waals surface area contributed by atoms with E-state index >= 15 is 0 Å². The van der Waals surface area contributed by atoms with Gasteiger partial charge in [-0.3, -0.25) is 9.59 Å². The molecule has 0 heterocycles. The van der Waals surface area contributed by atoms with Crippen molar-refractivity contribution in [3.63, 3.8) is 0 Å². The molecule has 0 atom stereocenters. The number of amides is 1. The van der Waals surface area contributed by atoms with Crippen LogP contribution >= 0.6 is 0 Å². The molecule has 0 aliphatic rings. The standard InChI is InChI=1S/C61H77F2NO4/c1-4-6-8-10-12-14-16-18-20-22-24-26-28-30-32-34-36-38-40-43-60(65)64-49-42-50-67-53(3)57-51-54(56-47-46-55(62)52-58(56)63)45-48-59(57)68-61(66)44-41-39-37-35-33-31-29-27-25-23-21-19-17-15-13-11-9-7-5-2/h6-9,12-15,18-21,24-27,30-33,36-39,45-48,51-52H,3-5,10-11,16-17,22-23,28-29,34-35,40-44,49-50H2,1-2H3,(H,64,65)/b8-6-,9-7-,14-12-,15-13-,20-18-,21-19-,26-24-,27-25-,32-30-,33-31-,38-36-,39-37-. The summed E-state index contributed by atoms with van der Waals surface area (Å²) in [6.07, 6.45) is 65.0. The van der Waals surface area contributed by atoms with E-state index in [4.69, 9.17) is 9.47 Å². The van der Waals surface area contributed by atoms with E-state index in [2.05, 4.69) is 153 Å². The number of allylic oxidation sites excluding steroid dienone is 24. The number of carbonyl (C=O) groups excluding carboxylic acids is 2. The van der Waals surface area contributed by atoms with Crippen LogP contribution in [0.1, 0.15) is 129 Å². The molecule has 2 aromatic carbocycles. The normalized spacial score (nSPS) is 12.7. The topological polar surface area (TPSA) is 64.6 Å². The van der Waals surface area contributed by atoms with Gasteiger partial charge in [-0.25, -0.2) is 8.78 Å². The molecular formula is C61H77F2NO4. The predicted octanol–water partition coefficient (Wildman–Crippen LogP) is 17.0. The predicted molar refractivity (Wildman–Crippen MR) is 285 cm³/mol. The molecule has 1 amide bonds. The highest BCUT2D eigenvalue weighted by molar-refractivity contribution is 5.78. The molecule has 0 radical (unpaired) electrons. The van der Waals surface area contributed by atoms with Crippen molar-refractivity contribution in [2.75, 3.05) is 13.2 Å². The van der Waals surface area contributed by atoms with Crippen molar-refractivity contribution >= 4 is 17.6 Å². The number of rotatable bonds is 36. The summed E-state index contributed by atoms with van der Waals surface area (Å²) in [7, 11) is 0. The minimum absolute atomic E-state index is 0.0457. The quantitative estimate of drug-likeness (QED) is 0.0243. The van der Waals surface area contributed by atoms with Gasteiger partial charge in [0, 0.05) is 31.0 Å². The van der Waals surface area contributed by atoms with Crippen molar-refractivity contribution in [3.8, 4) is 16.9 Å². The van der Waals surface area contributed by atoms with Crippen LogP contribution in [0.2, 0.25) is 0 Å². The van der Waals surface area contributed by atoms with Crippen molar-refractivity contribution in [1.82, 2.24) is 5.32 Å². The van der Waals surface area contributed by atoms with Gasteiger partial charge in [0.05, 0.1) is 12.2 Å². The number of benzene rings is 2. The number of carbonyl (C=O) groups is 2. The SMILES string of the molecule is C=C(OCCCNC(=O)CC/C=C\C/C=C\C/C=C\C/C=C\C/C=C\C/C=C\CC)c1cc(-c2ccc(F)cc2F)ccc1OC(=O)CC/C=C\C/C=C\C/C=C\C/C=C\C/C=C\C/C=C\CC. The third kappa shape index (κ3) is 30.8. The molecule has 0 aromatic heterocycles. The third-order valence-corrected chi connectivity index (χ3v) is 9.91. The van der Waals surface area contributed by atoms with E-state index in [0.29, 0.717) is 43.4 Å². The zero-order valence-corrected chi connectivity index (χ0v) is 40.9. The minimum Gasteiger partial charge on any atom is -0.493 e. The number of nitrogens with one attached hydrogen (secondary N) is 1. The summed E-state index contributed by atoms with van der Waals surface area (Å²) in [5.74, 6) is -1.45. The fraction of sp³-hybridized carbons (Fsp3) is 0.344. The molecule has 0 saturated carbocycles. The van der Waals surface area contributed by atoms with E-state index in [-0.39, 0.29) is 36.0 Å². The highest BCUT2D eigenvalue weighted by atomic mass is 19.1. The second-order valence-corrected chi connectivity index (χ2v) is 15.7. The second kappa shape index (κ2) is 40.9. The van der Waals surface area contributed by atoms with Gasteiger partial charge in [-0.15, -0.1) is 0 Å². The van der Waals surface area contributed by atoms with Crippen LogP contribution in [0.4, 0.5) is 8.78 Å². The smallest absolute Gasteiger partial charge is 0.311 e. The van der Waals surface area contributed by atoms with Crippen LogP contribution in [-0.4, -0.2) is 25.0 Å². The van der Waals surface area contributed by atoms with Crippen molar-refractivity contribution in [2.45, 2.75) is 123 Å². The lowest BCUT2D eigenvalue weighted by atomic mass is 10.0. The van der Waals surface area contributed by atoms with Crippen molar-refractivity contribution in [2.24, 2.45) is 0 Å². The second-order valence-electron chi connectivity index (χ2n) is 15.7. The van der Waals surface area contributed by atoms with E-state index in [0.717, 1.165) is 83.1 Å². The number of halogens is 2. The summed E-state index contributed by atoms with van der Waals surface area (Å²) >= 11 is 0. The van der Waals surface area contributed by atoms with Gasteiger partial charge in [-0.1, -0.05) is 172 Å². The average molecular weight is 926 g/mol. The molecule has 1 N–H and O–H groups in total. The zero-order valence-electron chi connectivity index (χ0n) is 40.9. The van der Waals surface area contributed by atoms with Crippen LogP contribution in [0.15, 0.2) is 189 Å². The molecule has 0 unspecified atom stereocenters. The maximum absolute atomic E-state index is 14.8. The molecule has 0 fully saturated rings. The van der Waals surface area contributed by atoms with Gasteiger partial charge in [0.15, 0.2) is 0 Å². The average Bonchev–Trinajstić information content (AvgIpc) is 3.33. The van der Waals surface area contributed by atoms with Crippen LogP contribution < -0.4 is 10.1 Å². The van der Waals surface area contributed by atoms with Crippen LogP contribution in [-0.2, 0) is 14.3 Å². The molecule has 2 rings (SSSR count). The fourth-order valence-electron chi connectivity index (χ4n) is 6.26. The van der Waals surface area contributed by atoms with E-state index in [1.54, 1.807) is 18.2 Å². The van der Waals surface area contributed by atoms with Gasteiger partial charge in [0.2, 0.25) is 5.91 Å². The summed E-state index contributed by atoms with van der Waals surface area (Å²) in [6, 6.07) is 8.15. The molecule has 364 valence electrons. The number of ether oxygens (including phenoxy) is 2. The van der Waals surface area contributed by atoms with Gasteiger partial charge in [0.25, 0.3) is 0 Å².